The van der Waals surface area contributed by atoms with Gasteiger partial charge in [-0.3, -0.25) is 20.2 Å². The number of hydrogen-bond acceptors (Lipinski definition) is 8. The fourth-order valence-electron chi connectivity index (χ4n) is 1.55. The van der Waals surface area contributed by atoms with Gasteiger partial charge in [0.15, 0.2) is 5.82 Å². The molecule has 0 aliphatic carbocycles. The lowest BCUT2D eigenvalue weighted by Crippen LogP contribution is -2.08. The Kier molecular flexibility index (Phi) is 3.84. The van der Waals surface area contributed by atoms with Gasteiger partial charge in [0, 0.05) is 19.0 Å². The van der Waals surface area contributed by atoms with Crippen molar-refractivity contribution < 1.29 is 14.4 Å². The molecule has 2 aromatic rings. The lowest BCUT2D eigenvalue weighted by molar-refractivity contribution is -0.393. The number of benzene rings is 1. The van der Waals surface area contributed by atoms with Crippen LogP contribution in [-0.2, 0) is 6.42 Å². The highest BCUT2D eigenvalue weighted by Crippen LogP contribution is 2.28. The second-order valence-corrected chi connectivity index (χ2v) is 3.74. The van der Waals surface area contributed by atoms with Crippen LogP contribution in [0.2, 0.25) is 0 Å². The summed E-state index contributed by atoms with van der Waals surface area (Å²) in [6.07, 6.45) is 1.59. The normalized spacial score (nSPS) is 10.2. The van der Waals surface area contributed by atoms with Gasteiger partial charge < -0.3 is 9.84 Å². The number of anilines is 1. The van der Waals surface area contributed by atoms with Crippen molar-refractivity contribution in [2.45, 2.75) is 6.42 Å². The Bertz CT molecular complexity index is 627. The van der Waals surface area contributed by atoms with Crippen molar-refractivity contribution in [1.29, 1.82) is 0 Å². The van der Waals surface area contributed by atoms with Crippen LogP contribution in [0.3, 0.4) is 0 Å². The molecule has 0 aliphatic rings. The lowest BCUT2D eigenvalue weighted by Gasteiger charge is -2.05. The van der Waals surface area contributed by atoms with Gasteiger partial charge in [-0.15, -0.1) is 0 Å². The fourth-order valence-corrected chi connectivity index (χ4v) is 1.55. The fraction of sp³-hybridized carbons (Fsp3) is 0.200. The first-order valence-corrected chi connectivity index (χ1v) is 5.50. The van der Waals surface area contributed by atoms with E-state index in [2.05, 4.69) is 20.0 Å². The summed E-state index contributed by atoms with van der Waals surface area (Å²) in [6.45, 7) is 0.332. The largest absolute Gasteiger partial charge is 0.379 e. The van der Waals surface area contributed by atoms with Crippen LogP contribution in [0, 0.1) is 20.2 Å². The van der Waals surface area contributed by atoms with Gasteiger partial charge in [-0.25, -0.2) is 0 Å². The molecule has 1 heterocycles. The zero-order valence-corrected chi connectivity index (χ0v) is 10.1. The molecule has 0 radical (unpaired) electrons. The summed E-state index contributed by atoms with van der Waals surface area (Å²) in [7, 11) is 0. The van der Waals surface area contributed by atoms with Crippen LogP contribution in [0.25, 0.3) is 0 Å². The molecule has 0 atom stereocenters. The molecular weight excluding hydrogens is 270 g/mol. The van der Waals surface area contributed by atoms with E-state index in [-0.39, 0.29) is 17.1 Å². The van der Waals surface area contributed by atoms with Gasteiger partial charge >= 0.3 is 0 Å². The van der Waals surface area contributed by atoms with Crippen molar-refractivity contribution in [3.63, 3.8) is 0 Å². The van der Waals surface area contributed by atoms with Crippen LogP contribution in [0.5, 0.6) is 0 Å². The summed E-state index contributed by atoms with van der Waals surface area (Å²) in [6, 6.07) is 3.41. The van der Waals surface area contributed by atoms with E-state index in [0.29, 0.717) is 18.8 Å². The Morgan fingerprint density at radius 1 is 1.25 bits per heavy atom. The number of nitrogens with one attached hydrogen (secondary N) is 1. The highest BCUT2D eigenvalue weighted by atomic mass is 16.6. The molecule has 10 heteroatoms. The first kappa shape index (κ1) is 13.4. The number of aromatic nitrogens is 2. The quantitative estimate of drug-likeness (QED) is 0.620. The molecule has 0 spiro atoms. The zero-order valence-electron chi connectivity index (χ0n) is 10.1. The van der Waals surface area contributed by atoms with Crippen molar-refractivity contribution in [1.82, 2.24) is 10.1 Å². The summed E-state index contributed by atoms with van der Waals surface area (Å²) in [5.41, 5.74) is -0.489. The highest BCUT2D eigenvalue weighted by Gasteiger charge is 2.19. The zero-order chi connectivity index (χ0) is 14.5. The highest BCUT2D eigenvalue weighted by molar-refractivity contribution is 5.65. The Labute approximate surface area is 111 Å². The van der Waals surface area contributed by atoms with E-state index in [1.165, 1.54) is 18.5 Å². The van der Waals surface area contributed by atoms with Gasteiger partial charge in [-0.05, 0) is 6.07 Å². The molecular formula is C10H9N5O5. The van der Waals surface area contributed by atoms with Crippen molar-refractivity contribution in [2.75, 3.05) is 11.9 Å². The number of rotatable bonds is 6. The summed E-state index contributed by atoms with van der Waals surface area (Å²) in [4.78, 5) is 23.9. The van der Waals surface area contributed by atoms with E-state index in [0.717, 1.165) is 6.07 Å². The van der Waals surface area contributed by atoms with E-state index in [1.807, 2.05) is 0 Å². The summed E-state index contributed by atoms with van der Waals surface area (Å²) in [5.74, 6) is 0.460. The molecule has 104 valence electrons. The van der Waals surface area contributed by atoms with Crippen LogP contribution in [0.15, 0.2) is 29.1 Å². The molecule has 2 rings (SSSR count). The second kappa shape index (κ2) is 5.73. The minimum atomic E-state index is -0.684. The van der Waals surface area contributed by atoms with Gasteiger partial charge in [-0.2, -0.15) is 4.98 Å². The van der Waals surface area contributed by atoms with Crippen molar-refractivity contribution in [2.24, 2.45) is 0 Å². The number of hydrogen-bond donors (Lipinski definition) is 1. The molecule has 1 N–H and O–H groups in total. The third-order valence-corrected chi connectivity index (χ3v) is 2.46. The van der Waals surface area contributed by atoms with Crippen LogP contribution >= 0.6 is 0 Å². The first-order chi connectivity index (χ1) is 9.58. The molecule has 0 saturated heterocycles. The van der Waals surface area contributed by atoms with Gasteiger partial charge in [0.25, 0.3) is 11.4 Å². The van der Waals surface area contributed by atoms with E-state index in [9.17, 15) is 20.2 Å². The summed E-state index contributed by atoms with van der Waals surface area (Å²) >= 11 is 0. The topological polar surface area (TPSA) is 137 Å². The number of non-ortho nitro benzene ring substituents is 1. The van der Waals surface area contributed by atoms with E-state index < -0.39 is 9.85 Å². The van der Waals surface area contributed by atoms with Gasteiger partial charge in [0.05, 0.1) is 15.9 Å². The molecule has 10 nitrogen and oxygen atoms in total. The lowest BCUT2D eigenvalue weighted by atomic mass is 10.2. The second-order valence-electron chi connectivity index (χ2n) is 3.74. The Hall–Kier alpha value is -3.04. The Balaban J connectivity index is 2.10. The minimum absolute atomic E-state index is 0.198. The van der Waals surface area contributed by atoms with Gasteiger partial charge in [0.2, 0.25) is 6.39 Å². The maximum absolute atomic E-state index is 10.9. The smallest absolute Gasteiger partial charge is 0.299 e. The molecule has 0 fully saturated rings. The van der Waals surface area contributed by atoms with Crippen LogP contribution in [-0.4, -0.2) is 26.5 Å². The average molecular weight is 279 g/mol. The maximum Gasteiger partial charge on any atom is 0.299 e. The molecule has 0 saturated carbocycles. The SMILES string of the molecule is O=[N+]([O-])c1ccc(NCCc2ncon2)c([N+](=O)[O-])c1. The van der Waals surface area contributed by atoms with Gasteiger partial charge in [0.1, 0.15) is 5.69 Å². The summed E-state index contributed by atoms with van der Waals surface area (Å²) in [5, 5.41) is 27.9. The molecule has 1 aromatic carbocycles. The molecule has 20 heavy (non-hydrogen) atoms. The van der Waals surface area contributed by atoms with Gasteiger partial charge in [-0.1, -0.05) is 5.16 Å². The van der Waals surface area contributed by atoms with Crippen molar-refractivity contribution >= 4 is 17.1 Å². The predicted octanol–water partition coefficient (Wildman–Crippen LogP) is 1.54. The number of nitrogens with zero attached hydrogens (tertiary/aromatic N) is 4. The maximum atomic E-state index is 10.9. The van der Waals surface area contributed by atoms with Crippen molar-refractivity contribution in [3.8, 4) is 0 Å². The molecule has 0 aliphatic heterocycles. The monoisotopic (exact) mass is 279 g/mol. The molecule has 1 aromatic heterocycles. The van der Waals surface area contributed by atoms with Crippen LogP contribution in [0.4, 0.5) is 17.1 Å². The van der Waals surface area contributed by atoms with E-state index >= 15 is 0 Å². The minimum Gasteiger partial charge on any atom is -0.379 e. The Morgan fingerprint density at radius 3 is 2.65 bits per heavy atom. The standard InChI is InChI=1S/C10H9N5O5/c16-14(17)7-1-2-8(9(5-7)15(18)19)11-4-3-10-12-6-20-13-10/h1-2,5-6,11H,3-4H2. The van der Waals surface area contributed by atoms with E-state index in [4.69, 9.17) is 0 Å². The number of nitro benzene ring substituents is 2. The van der Waals surface area contributed by atoms with E-state index in [1.54, 1.807) is 0 Å². The molecule has 0 bridgehead atoms. The Morgan fingerprint density at radius 2 is 2.05 bits per heavy atom. The third kappa shape index (κ3) is 3.04. The summed E-state index contributed by atoms with van der Waals surface area (Å²) < 4.78 is 4.55. The first-order valence-electron chi connectivity index (χ1n) is 5.50. The average Bonchev–Trinajstić information content (AvgIpc) is 2.91. The van der Waals surface area contributed by atoms with Crippen LogP contribution in [0.1, 0.15) is 5.82 Å². The number of nitro groups is 2. The van der Waals surface area contributed by atoms with Crippen LogP contribution < -0.4 is 5.32 Å². The predicted molar refractivity (Wildman–Crippen MR) is 66.2 cm³/mol. The molecule has 0 amide bonds. The van der Waals surface area contributed by atoms with Crippen molar-refractivity contribution in [3.05, 3.63) is 50.6 Å². The third-order valence-electron chi connectivity index (χ3n) is 2.46. The molecule has 0 unspecified atom stereocenters.